The van der Waals surface area contributed by atoms with Gasteiger partial charge < -0.3 is 0 Å². The van der Waals surface area contributed by atoms with E-state index in [-0.39, 0.29) is 11.3 Å². The zero-order valence-electron chi connectivity index (χ0n) is 12.3. The lowest BCUT2D eigenvalue weighted by Gasteiger charge is -2.06. The zero-order valence-corrected chi connectivity index (χ0v) is 13.2. The number of carbonyl (C=O) groups is 1. The predicted molar refractivity (Wildman–Crippen MR) is 91.7 cm³/mol. The molecule has 0 aliphatic heterocycles. The van der Waals surface area contributed by atoms with Crippen LogP contribution >= 0.6 is 12.6 Å². The molecule has 3 aromatic rings. The summed E-state index contributed by atoms with van der Waals surface area (Å²) < 4.78 is 1.37. The Labute approximate surface area is 142 Å². The number of nitro groups is 1. The SMILES string of the molecule is O=C(Nn1cc(-c2ccccc2)nc1S)c1cccc([N+](=O)[O-])c1. The quantitative estimate of drug-likeness (QED) is 0.434. The number of amides is 1. The molecule has 1 amide bonds. The average molecular weight is 340 g/mol. The summed E-state index contributed by atoms with van der Waals surface area (Å²) in [6.45, 7) is 0. The largest absolute Gasteiger partial charge is 0.270 e. The number of nitrogens with one attached hydrogen (secondary N) is 1. The van der Waals surface area contributed by atoms with E-state index >= 15 is 0 Å². The normalized spacial score (nSPS) is 10.4. The number of benzene rings is 2. The third-order valence-electron chi connectivity index (χ3n) is 3.30. The van der Waals surface area contributed by atoms with Crippen LogP contribution in [0.15, 0.2) is 66.0 Å². The first-order valence-electron chi connectivity index (χ1n) is 6.94. The summed E-state index contributed by atoms with van der Waals surface area (Å²) in [7, 11) is 0. The Bertz CT molecular complexity index is 909. The van der Waals surface area contributed by atoms with Gasteiger partial charge in [0.15, 0.2) is 5.16 Å². The van der Waals surface area contributed by atoms with Crippen LogP contribution < -0.4 is 5.43 Å². The predicted octanol–water partition coefficient (Wildman–Crippen LogP) is 3.13. The highest BCUT2D eigenvalue weighted by Gasteiger charge is 2.14. The van der Waals surface area contributed by atoms with Gasteiger partial charge in [0.05, 0.1) is 16.8 Å². The van der Waals surface area contributed by atoms with Crippen molar-refractivity contribution < 1.29 is 9.72 Å². The van der Waals surface area contributed by atoms with Crippen LogP contribution in [0, 0.1) is 10.1 Å². The molecule has 24 heavy (non-hydrogen) atoms. The Morgan fingerprint density at radius 3 is 2.62 bits per heavy atom. The maximum Gasteiger partial charge on any atom is 0.270 e. The van der Waals surface area contributed by atoms with E-state index in [4.69, 9.17) is 0 Å². The van der Waals surface area contributed by atoms with Gasteiger partial charge in [-0.25, -0.2) is 9.66 Å². The second-order valence-corrected chi connectivity index (χ2v) is 5.31. The number of hydrogen-bond acceptors (Lipinski definition) is 5. The number of aromatic nitrogens is 2. The number of rotatable bonds is 4. The summed E-state index contributed by atoms with van der Waals surface area (Å²) in [4.78, 5) is 26.8. The fourth-order valence-corrected chi connectivity index (χ4v) is 2.35. The molecular formula is C16H12N4O3S. The van der Waals surface area contributed by atoms with Crippen LogP contribution in [0.1, 0.15) is 10.4 Å². The maximum absolute atomic E-state index is 12.3. The Hall–Kier alpha value is -3.13. The van der Waals surface area contributed by atoms with Gasteiger partial charge in [-0.3, -0.25) is 20.3 Å². The lowest BCUT2D eigenvalue weighted by atomic mass is 10.2. The first kappa shape index (κ1) is 15.8. The highest BCUT2D eigenvalue weighted by molar-refractivity contribution is 7.80. The molecule has 0 unspecified atom stereocenters. The fraction of sp³-hybridized carbons (Fsp3) is 0. The second-order valence-electron chi connectivity index (χ2n) is 4.91. The van der Waals surface area contributed by atoms with Crippen molar-refractivity contribution in [2.75, 3.05) is 5.43 Å². The summed E-state index contributed by atoms with van der Waals surface area (Å²) in [5.41, 5.74) is 4.16. The van der Waals surface area contributed by atoms with Crippen LogP contribution in [0.3, 0.4) is 0 Å². The van der Waals surface area contributed by atoms with E-state index in [1.54, 1.807) is 6.20 Å². The molecule has 120 valence electrons. The third-order valence-corrected chi connectivity index (χ3v) is 3.61. The van der Waals surface area contributed by atoms with Gasteiger partial charge >= 0.3 is 0 Å². The number of carbonyl (C=O) groups excluding carboxylic acids is 1. The highest BCUT2D eigenvalue weighted by Crippen LogP contribution is 2.19. The number of nitro benzene ring substituents is 1. The van der Waals surface area contributed by atoms with Gasteiger partial charge in [0.2, 0.25) is 0 Å². The Balaban J connectivity index is 1.84. The summed E-state index contributed by atoms with van der Waals surface area (Å²) in [5.74, 6) is -0.494. The van der Waals surface area contributed by atoms with Crippen molar-refractivity contribution in [2.45, 2.75) is 5.16 Å². The van der Waals surface area contributed by atoms with Crippen LogP contribution in [-0.4, -0.2) is 20.5 Å². The lowest BCUT2D eigenvalue weighted by Crippen LogP contribution is -2.22. The summed E-state index contributed by atoms with van der Waals surface area (Å²) in [6, 6.07) is 14.9. The van der Waals surface area contributed by atoms with Gasteiger partial charge in [-0.2, -0.15) is 0 Å². The number of nitrogens with zero attached hydrogens (tertiary/aromatic N) is 3. The van der Waals surface area contributed by atoms with E-state index in [0.29, 0.717) is 10.9 Å². The standard InChI is InChI=1S/C16H12N4O3S/c21-15(12-7-4-8-13(9-12)20(22)23)18-19-10-14(17-16(19)24)11-5-2-1-3-6-11/h1-10H,(H,17,24)(H,18,21). The van der Waals surface area contributed by atoms with Crippen LogP contribution in [-0.2, 0) is 0 Å². The summed E-state index contributed by atoms with van der Waals surface area (Å²) in [5, 5.41) is 11.1. The third kappa shape index (κ3) is 3.28. The number of hydrogen-bond donors (Lipinski definition) is 2. The molecular weight excluding hydrogens is 328 g/mol. The fourth-order valence-electron chi connectivity index (χ4n) is 2.14. The monoisotopic (exact) mass is 340 g/mol. The zero-order chi connectivity index (χ0) is 17.1. The molecule has 0 atom stereocenters. The molecule has 7 nitrogen and oxygen atoms in total. The first-order valence-corrected chi connectivity index (χ1v) is 7.39. The van der Waals surface area contributed by atoms with Crippen LogP contribution in [0.5, 0.6) is 0 Å². The molecule has 0 aliphatic rings. The summed E-state index contributed by atoms with van der Waals surface area (Å²) >= 11 is 4.24. The minimum absolute atomic E-state index is 0.149. The Morgan fingerprint density at radius 1 is 1.17 bits per heavy atom. The number of imidazole rings is 1. The van der Waals surface area contributed by atoms with Gasteiger partial charge in [0.25, 0.3) is 11.6 Å². The Morgan fingerprint density at radius 2 is 1.92 bits per heavy atom. The molecule has 0 radical (unpaired) electrons. The number of thiol groups is 1. The lowest BCUT2D eigenvalue weighted by molar-refractivity contribution is -0.384. The van der Waals surface area contributed by atoms with Crippen molar-refractivity contribution in [3.63, 3.8) is 0 Å². The van der Waals surface area contributed by atoms with E-state index < -0.39 is 10.8 Å². The second kappa shape index (κ2) is 6.55. The maximum atomic E-state index is 12.3. The van der Waals surface area contributed by atoms with E-state index in [1.807, 2.05) is 30.3 Å². The van der Waals surface area contributed by atoms with E-state index in [0.717, 1.165) is 5.56 Å². The molecule has 0 bridgehead atoms. The van der Waals surface area contributed by atoms with E-state index in [1.165, 1.54) is 28.9 Å². The highest BCUT2D eigenvalue weighted by atomic mass is 32.1. The van der Waals surface area contributed by atoms with Crippen molar-refractivity contribution in [1.29, 1.82) is 0 Å². The van der Waals surface area contributed by atoms with Crippen LogP contribution in [0.25, 0.3) is 11.3 Å². The Kier molecular flexibility index (Phi) is 4.30. The van der Waals surface area contributed by atoms with Crippen molar-refractivity contribution in [3.05, 3.63) is 76.5 Å². The minimum Gasteiger partial charge on any atom is -0.267 e. The smallest absolute Gasteiger partial charge is 0.267 e. The van der Waals surface area contributed by atoms with Crippen molar-refractivity contribution in [2.24, 2.45) is 0 Å². The van der Waals surface area contributed by atoms with Gasteiger partial charge in [-0.1, -0.05) is 36.4 Å². The molecule has 0 fully saturated rings. The van der Waals surface area contributed by atoms with Gasteiger partial charge in [0, 0.05) is 23.3 Å². The van der Waals surface area contributed by atoms with Gasteiger partial charge in [0.1, 0.15) is 0 Å². The minimum atomic E-state index is -0.550. The van der Waals surface area contributed by atoms with E-state index in [2.05, 4.69) is 23.0 Å². The molecule has 0 saturated carbocycles. The molecule has 0 aliphatic carbocycles. The van der Waals surface area contributed by atoms with E-state index in [9.17, 15) is 14.9 Å². The molecule has 3 rings (SSSR count). The average Bonchev–Trinajstić information content (AvgIpc) is 2.96. The molecule has 1 aromatic heterocycles. The summed E-state index contributed by atoms with van der Waals surface area (Å²) in [6.07, 6.45) is 1.63. The molecule has 0 saturated heterocycles. The molecule has 1 N–H and O–H groups in total. The van der Waals surface area contributed by atoms with Gasteiger partial charge in [-0.15, -0.1) is 12.6 Å². The topological polar surface area (TPSA) is 90.1 Å². The van der Waals surface area contributed by atoms with Crippen molar-refractivity contribution in [3.8, 4) is 11.3 Å². The van der Waals surface area contributed by atoms with Crippen LogP contribution in [0.4, 0.5) is 5.69 Å². The number of non-ortho nitro benzene ring substituents is 1. The molecule has 1 heterocycles. The van der Waals surface area contributed by atoms with Crippen molar-refractivity contribution >= 4 is 24.2 Å². The van der Waals surface area contributed by atoms with Crippen molar-refractivity contribution in [1.82, 2.24) is 9.66 Å². The molecule has 8 heteroatoms. The molecule has 2 aromatic carbocycles. The molecule has 0 spiro atoms. The van der Waals surface area contributed by atoms with Crippen LogP contribution in [0.2, 0.25) is 0 Å². The first-order chi connectivity index (χ1) is 11.5. The van der Waals surface area contributed by atoms with Gasteiger partial charge in [-0.05, 0) is 6.07 Å².